The van der Waals surface area contributed by atoms with Crippen LogP contribution in [0.3, 0.4) is 0 Å². The van der Waals surface area contributed by atoms with Gasteiger partial charge in [-0.25, -0.2) is 8.78 Å². The summed E-state index contributed by atoms with van der Waals surface area (Å²) in [7, 11) is 0. The first-order valence-electron chi connectivity index (χ1n) is 5.67. The standard InChI is InChI=1S/C14H12ClF2NO/c1-8(13-3-2-10(16)7-14(13)19)18-12-5-9(15)4-11(17)6-12/h2-8,18-19H,1H3. The van der Waals surface area contributed by atoms with Gasteiger partial charge >= 0.3 is 0 Å². The summed E-state index contributed by atoms with van der Waals surface area (Å²) in [5, 5.41) is 12.9. The van der Waals surface area contributed by atoms with E-state index in [1.54, 1.807) is 13.0 Å². The number of benzene rings is 2. The van der Waals surface area contributed by atoms with E-state index < -0.39 is 11.6 Å². The van der Waals surface area contributed by atoms with Gasteiger partial charge in [0.25, 0.3) is 0 Å². The van der Waals surface area contributed by atoms with Crippen LogP contribution in [0.15, 0.2) is 36.4 Å². The Bertz CT molecular complexity index is 584. The maximum Gasteiger partial charge on any atom is 0.126 e. The molecule has 0 saturated carbocycles. The minimum atomic E-state index is -0.512. The first-order valence-corrected chi connectivity index (χ1v) is 6.04. The number of aromatic hydroxyl groups is 1. The molecule has 5 heteroatoms. The van der Waals surface area contributed by atoms with Crippen LogP contribution in [-0.2, 0) is 0 Å². The molecule has 2 aromatic carbocycles. The van der Waals surface area contributed by atoms with Crippen LogP contribution in [0.5, 0.6) is 5.75 Å². The summed E-state index contributed by atoms with van der Waals surface area (Å²) < 4.78 is 26.1. The van der Waals surface area contributed by atoms with Gasteiger partial charge in [-0.3, -0.25) is 0 Å². The van der Waals surface area contributed by atoms with E-state index in [0.717, 1.165) is 6.07 Å². The molecule has 2 aromatic rings. The van der Waals surface area contributed by atoms with Crippen molar-refractivity contribution in [1.82, 2.24) is 0 Å². The SMILES string of the molecule is CC(Nc1cc(F)cc(Cl)c1)c1ccc(F)cc1O. The lowest BCUT2D eigenvalue weighted by Gasteiger charge is -2.17. The number of anilines is 1. The molecule has 2 nitrogen and oxygen atoms in total. The molecule has 0 radical (unpaired) electrons. The largest absolute Gasteiger partial charge is 0.507 e. The first-order chi connectivity index (χ1) is 8.95. The van der Waals surface area contributed by atoms with Crippen LogP contribution in [0.2, 0.25) is 5.02 Å². The van der Waals surface area contributed by atoms with Gasteiger partial charge in [0, 0.05) is 22.3 Å². The van der Waals surface area contributed by atoms with E-state index in [-0.39, 0.29) is 16.8 Å². The van der Waals surface area contributed by atoms with Crippen LogP contribution in [0.4, 0.5) is 14.5 Å². The molecule has 2 N–H and O–H groups in total. The van der Waals surface area contributed by atoms with Gasteiger partial charge in [-0.05, 0) is 31.2 Å². The fourth-order valence-corrected chi connectivity index (χ4v) is 2.07. The van der Waals surface area contributed by atoms with Gasteiger partial charge in [0.15, 0.2) is 0 Å². The summed E-state index contributed by atoms with van der Waals surface area (Å²) >= 11 is 5.75. The highest BCUT2D eigenvalue weighted by molar-refractivity contribution is 6.30. The van der Waals surface area contributed by atoms with Gasteiger partial charge in [0.05, 0.1) is 6.04 Å². The second-order valence-corrected chi connectivity index (χ2v) is 4.66. The molecule has 0 bridgehead atoms. The summed E-state index contributed by atoms with van der Waals surface area (Å²) in [6.45, 7) is 1.77. The molecule has 0 spiro atoms. The van der Waals surface area contributed by atoms with Crippen molar-refractivity contribution < 1.29 is 13.9 Å². The van der Waals surface area contributed by atoms with E-state index in [4.69, 9.17) is 11.6 Å². The van der Waals surface area contributed by atoms with Crippen molar-refractivity contribution in [1.29, 1.82) is 0 Å². The van der Waals surface area contributed by atoms with E-state index in [1.165, 1.54) is 24.3 Å². The smallest absolute Gasteiger partial charge is 0.126 e. The van der Waals surface area contributed by atoms with Crippen molar-refractivity contribution in [3.05, 3.63) is 58.6 Å². The molecule has 2 rings (SSSR count). The molecule has 1 unspecified atom stereocenters. The van der Waals surface area contributed by atoms with Gasteiger partial charge < -0.3 is 10.4 Å². The zero-order chi connectivity index (χ0) is 14.0. The van der Waals surface area contributed by atoms with Crippen molar-refractivity contribution in [3.63, 3.8) is 0 Å². The Balaban J connectivity index is 2.22. The number of phenols is 1. The molecular weight excluding hydrogens is 272 g/mol. The fraction of sp³-hybridized carbons (Fsp3) is 0.143. The number of rotatable bonds is 3. The molecule has 0 heterocycles. The van der Waals surface area contributed by atoms with E-state index in [9.17, 15) is 13.9 Å². The van der Waals surface area contributed by atoms with Crippen LogP contribution in [0, 0.1) is 11.6 Å². The highest BCUT2D eigenvalue weighted by atomic mass is 35.5. The van der Waals surface area contributed by atoms with Crippen LogP contribution in [0.25, 0.3) is 0 Å². The van der Waals surface area contributed by atoms with Crippen LogP contribution in [-0.4, -0.2) is 5.11 Å². The molecule has 0 fully saturated rings. The van der Waals surface area contributed by atoms with Gasteiger partial charge in [-0.1, -0.05) is 17.7 Å². The first kappa shape index (κ1) is 13.6. The van der Waals surface area contributed by atoms with Crippen LogP contribution >= 0.6 is 11.6 Å². The summed E-state index contributed by atoms with van der Waals surface area (Å²) in [6, 6.07) is 7.51. The topological polar surface area (TPSA) is 32.3 Å². The Labute approximate surface area is 114 Å². The lowest BCUT2D eigenvalue weighted by atomic mass is 10.1. The van der Waals surface area contributed by atoms with Crippen molar-refractivity contribution in [2.24, 2.45) is 0 Å². The Morgan fingerprint density at radius 2 is 1.84 bits per heavy atom. The van der Waals surface area contributed by atoms with E-state index in [1.807, 2.05) is 0 Å². The lowest BCUT2D eigenvalue weighted by Crippen LogP contribution is -2.07. The third kappa shape index (κ3) is 3.35. The van der Waals surface area contributed by atoms with Crippen molar-refractivity contribution in [3.8, 4) is 5.75 Å². The van der Waals surface area contributed by atoms with Gasteiger partial charge in [-0.2, -0.15) is 0 Å². The number of phenolic OH excluding ortho intramolecular Hbond substituents is 1. The average molecular weight is 284 g/mol. The van der Waals surface area contributed by atoms with Gasteiger partial charge in [-0.15, -0.1) is 0 Å². The van der Waals surface area contributed by atoms with Gasteiger partial charge in [0.1, 0.15) is 17.4 Å². The average Bonchev–Trinajstić information content (AvgIpc) is 2.26. The predicted molar refractivity (Wildman–Crippen MR) is 71.5 cm³/mol. The van der Waals surface area contributed by atoms with Crippen molar-refractivity contribution in [2.75, 3.05) is 5.32 Å². The minimum absolute atomic E-state index is 0.150. The normalized spacial score (nSPS) is 12.2. The molecular formula is C14H12ClF2NO. The molecule has 0 aliphatic heterocycles. The van der Waals surface area contributed by atoms with E-state index in [2.05, 4.69) is 5.32 Å². The fourth-order valence-electron chi connectivity index (χ4n) is 1.85. The summed E-state index contributed by atoms with van der Waals surface area (Å²) in [6.07, 6.45) is 0. The Hall–Kier alpha value is -1.81. The van der Waals surface area contributed by atoms with Gasteiger partial charge in [0.2, 0.25) is 0 Å². The number of hydrogen-bond acceptors (Lipinski definition) is 2. The molecule has 0 aromatic heterocycles. The number of hydrogen-bond donors (Lipinski definition) is 2. The summed E-state index contributed by atoms with van der Waals surface area (Å²) in [5.74, 6) is -1.12. The molecule has 19 heavy (non-hydrogen) atoms. The second-order valence-electron chi connectivity index (χ2n) is 4.23. The number of nitrogens with one attached hydrogen (secondary N) is 1. The molecule has 1 atom stereocenters. The molecule has 100 valence electrons. The number of halogens is 3. The quantitative estimate of drug-likeness (QED) is 0.869. The summed E-state index contributed by atoms with van der Waals surface area (Å²) in [4.78, 5) is 0. The Morgan fingerprint density at radius 3 is 2.47 bits per heavy atom. The van der Waals surface area contributed by atoms with Crippen molar-refractivity contribution in [2.45, 2.75) is 13.0 Å². The maximum absolute atomic E-state index is 13.2. The van der Waals surface area contributed by atoms with E-state index in [0.29, 0.717) is 11.3 Å². The third-order valence-corrected chi connectivity index (χ3v) is 2.92. The maximum atomic E-state index is 13.2. The van der Waals surface area contributed by atoms with Crippen molar-refractivity contribution >= 4 is 17.3 Å². The van der Waals surface area contributed by atoms with Crippen LogP contribution in [0.1, 0.15) is 18.5 Å². The second kappa shape index (κ2) is 5.45. The molecule has 0 aliphatic rings. The highest BCUT2D eigenvalue weighted by Gasteiger charge is 2.11. The lowest BCUT2D eigenvalue weighted by molar-refractivity contribution is 0.459. The third-order valence-electron chi connectivity index (χ3n) is 2.70. The van der Waals surface area contributed by atoms with Crippen LogP contribution < -0.4 is 5.32 Å². The highest BCUT2D eigenvalue weighted by Crippen LogP contribution is 2.28. The summed E-state index contributed by atoms with van der Waals surface area (Å²) in [5.41, 5.74) is 1.00. The Kier molecular flexibility index (Phi) is 3.90. The zero-order valence-electron chi connectivity index (χ0n) is 10.1. The minimum Gasteiger partial charge on any atom is -0.507 e. The Morgan fingerprint density at radius 1 is 1.11 bits per heavy atom. The predicted octanol–water partition coefficient (Wildman–Crippen LogP) is 4.50. The monoisotopic (exact) mass is 283 g/mol. The molecule has 0 saturated heterocycles. The zero-order valence-corrected chi connectivity index (χ0v) is 10.9. The van der Waals surface area contributed by atoms with E-state index >= 15 is 0 Å². The molecule has 0 aliphatic carbocycles. The molecule has 0 amide bonds.